The number of nitrogens with one attached hydrogen (secondary N) is 1. The lowest BCUT2D eigenvalue weighted by molar-refractivity contribution is -0.138. The Morgan fingerprint density at radius 1 is 0.774 bits per heavy atom. The molecule has 164 valence electrons. The van der Waals surface area contributed by atoms with E-state index in [1.54, 1.807) is 18.2 Å². The molecule has 0 atom stereocenters. The number of anilines is 2. The van der Waals surface area contributed by atoms with E-state index < -0.39 is 29.4 Å². The summed E-state index contributed by atoms with van der Waals surface area (Å²) in [7, 11) is 0. The van der Waals surface area contributed by atoms with Crippen LogP contribution in [-0.4, -0.2) is 5.91 Å². The zero-order valence-electron chi connectivity index (χ0n) is 16.2. The highest BCUT2D eigenvalue weighted by molar-refractivity contribution is 6.04. The molecule has 0 saturated heterocycles. The molecule has 0 unspecified atom stereocenters. The number of halogens is 6. The zero-order chi connectivity index (χ0) is 23.2. The number of rotatable bonds is 2. The van der Waals surface area contributed by atoms with Gasteiger partial charge in [-0.3, -0.25) is 4.79 Å². The van der Waals surface area contributed by atoms with Crippen molar-refractivity contribution in [1.29, 1.82) is 0 Å². The van der Waals surface area contributed by atoms with Crippen molar-refractivity contribution >= 4 is 17.3 Å². The molecule has 0 fully saturated rings. The summed E-state index contributed by atoms with van der Waals surface area (Å²) in [6.07, 6.45) is -8.72. The highest BCUT2D eigenvalue weighted by atomic mass is 19.4. The number of carbonyl (C=O) groups excluding carboxylic acids is 1. The second kappa shape index (κ2) is 9.55. The summed E-state index contributed by atoms with van der Waals surface area (Å²) in [5, 5.41) is 2.46. The van der Waals surface area contributed by atoms with E-state index in [4.69, 9.17) is 5.73 Å². The maximum Gasteiger partial charge on any atom is 0.416 e. The predicted octanol–water partition coefficient (Wildman–Crippen LogP) is 6.55. The molecule has 3 nitrogen and oxygen atoms in total. The minimum atomic E-state index is -4.43. The molecular formula is C22H18F6N2O. The van der Waals surface area contributed by atoms with Gasteiger partial charge in [-0.1, -0.05) is 29.8 Å². The molecule has 0 bridgehead atoms. The van der Waals surface area contributed by atoms with Crippen molar-refractivity contribution < 1.29 is 31.1 Å². The highest BCUT2D eigenvalue weighted by Crippen LogP contribution is 2.31. The Balaban J connectivity index is 0.000000262. The minimum absolute atomic E-state index is 0.117. The van der Waals surface area contributed by atoms with Gasteiger partial charge in [0.1, 0.15) is 0 Å². The molecule has 9 heteroatoms. The summed E-state index contributed by atoms with van der Waals surface area (Å²) in [5.74, 6) is -0.437. The van der Waals surface area contributed by atoms with E-state index >= 15 is 0 Å². The van der Waals surface area contributed by atoms with Crippen molar-refractivity contribution in [1.82, 2.24) is 0 Å². The molecule has 0 aliphatic rings. The van der Waals surface area contributed by atoms with E-state index in [-0.39, 0.29) is 11.4 Å². The van der Waals surface area contributed by atoms with Crippen LogP contribution in [0.4, 0.5) is 37.7 Å². The second-order valence-electron chi connectivity index (χ2n) is 6.53. The first kappa shape index (κ1) is 23.8. The molecule has 0 aromatic heterocycles. The second-order valence-corrected chi connectivity index (χ2v) is 6.53. The maximum atomic E-state index is 12.6. The van der Waals surface area contributed by atoms with Crippen LogP contribution < -0.4 is 11.1 Å². The fourth-order valence-corrected chi connectivity index (χ4v) is 2.48. The average Bonchev–Trinajstić information content (AvgIpc) is 2.67. The Morgan fingerprint density at radius 3 is 1.84 bits per heavy atom. The summed E-state index contributed by atoms with van der Waals surface area (Å²) >= 11 is 0. The van der Waals surface area contributed by atoms with Gasteiger partial charge in [0, 0.05) is 16.9 Å². The third-order valence-electron chi connectivity index (χ3n) is 3.94. The molecule has 1 amide bonds. The zero-order valence-corrected chi connectivity index (χ0v) is 16.2. The molecule has 0 aliphatic heterocycles. The van der Waals surface area contributed by atoms with Crippen LogP contribution in [0.5, 0.6) is 0 Å². The number of nitrogens with two attached hydrogens (primary N) is 1. The van der Waals surface area contributed by atoms with E-state index in [0.717, 1.165) is 29.8 Å². The van der Waals surface area contributed by atoms with E-state index in [1.165, 1.54) is 24.3 Å². The summed E-state index contributed by atoms with van der Waals surface area (Å²) in [4.78, 5) is 11.9. The Morgan fingerprint density at radius 2 is 1.32 bits per heavy atom. The largest absolute Gasteiger partial charge is 0.416 e. The Kier molecular flexibility index (Phi) is 7.32. The lowest BCUT2D eigenvalue weighted by Gasteiger charge is -2.10. The van der Waals surface area contributed by atoms with Gasteiger partial charge in [0.15, 0.2) is 0 Å². The number of carbonyl (C=O) groups is 1. The van der Waals surface area contributed by atoms with Gasteiger partial charge in [-0.25, -0.2) is 0 Å². The van der Waals surface area contributed by atoms with Crippen molar-refractivity contribution in [2.24, 2.45) is 0 Å². The first-order valence-electron chi connectivity index (χ1n) is 8.84. The first-order valence-corrected chi connectivity index (χ1v) is 8.84. The Bertz CT molecular complexity index is 1040. The maximum absolute atomic E-state index is 12.6. The van der Waals surface area contributed by atoms with Crippen molar-refractivity contribution in [2.45, 2.75) is 19.3 Å². The van der Waals surface area contributed by atoms with E-state index in [2.05, 4.69) is 5.32 Å². The van der Waals surface area contributed by atoms with Crippen molar-refractivity contribution in [3.8, 4) is 0 Å². The van der Waals surface area contributed by atoms with Gasteiger partial charge in [-0.2, -0.15) is 26.3 Å². The number of amides is 1. The van der Waals surface area contributed by atoms with Gasteiger partial charge in [-0.15, -0.1) is 0 Å². The predicted molar refractivity (Wildman–Crippen MR) is 106 cm³/mol. The monoisotopic (exact) mass is 440 g/mol. The van der Waals surface area contributed by atoms with Crippen LogP contribution in [0.25, 0.3) is 0 Å². The molecule has 0 aliphatic carbocycles. The molecule has 0 radical (unpaired) electrons. The van der Waals surface area contributed by atoms with Crippen molar-refractivity contribution in [3.63, 3.8) is 0 Å². The number of aryl methyl sites for hydroxylation is 1. The summed E-state index contributed by atoms with van der Waals surface area (Å²) in [6, 6.07) is 16.0. The van der Waals surface area contributed by atoms with Crippen LogP contribution in [-0.2, 0) is 12.4 Å². The van der Waals surface area contributed by atoms with Gasteiger partial charge < -0.3 is 11.1 Å². The molecule has 3 rings (SSSR count). The van der Waals surface area contributed by atoms with Crippen LogP contribution in [0.2, 0.25) is 0 Å². The fraction of sp³-hybridized carbons (Fsp3) is 0.136. The van der Waals surface area contributed by atoms with Crippen LogP contribution in [0.3, 0.4) is 0 Å². The molecule has 31 heavy (non-hydrogen) atoms. The van der Waals surface area contributed by atoms with Crippen molar-refractivity contribution in [2.75, 3.05) is 11.1 Å². The SMILES string of the molecule is Cc1cccc(C(=O)Nc2cccc(C(F)(F)F)c2)c1.Nc1cccc(C(F)(F)F)c1. The topological polar surface area (TPSA) is 55.1 Å². The molecule has 0 spiro atoms. The number of hydrogen-bond donors (Lipinski definition) is 2. The Labute approximate surface area is 174 Å². The van der Waals surface area contributed by atoms with Gasteiger partial charge in [0.05, 0.1) is 11.1 Å². The third kappa shape index (κ3) is 7.36. The standard InChI is InChI=1S/C15H12F3NO.C7H6F3N/c1-10-4-2-5-11(8-10)14(20)19-13-7-3-6-12(9-13)15(16,17)18;8-7(9,10)5-2-1-3-6(11)4-5/h2-9H,1H3,(H,19,20);1-4H,11H2. The smallest absolute Gasteiger partial charge is 0.399 e. The quantitative estimate of drug-likeness (QED) is 0.351. The number of nitrogen functional groups attached to an aromatic ring is 1. The van der Waals surface area contributed by atoms with Gasteiger partial charge in [0.25, 0.3) is 5.91 Å². The van der Waals surface area contributed by atoms with E-state index in [0.29, 0.717) is 5.56 Å². The molecule has 3 aromatic rings. The van der Waals surface area contributed by atoms with Crippen LogP contribution in [0.1, 0.15) is 27.0 Å². The lowest BCUT2D eigenvalue weighted by atomic mass is 10.1. The third-order valence-corrected chi connectivity index (χ3v) is 3.94. The first-order chi connectivity index (χ1) is 14.4. The number of hydrogen-bond acceptors (Lipinski definition) is 2. The van der Waals surface area contributed by atoms with Crippen molar-refractivity contribution in [3.05, 3.63) is 95.1 Å². The molecule has 3 N–H and O–H groups in total. The van der Waals surface area contributed by atoms with Gasteiger partial charge in [0.2, 0.25) is 0 Å². The summed E-state index contributed by atoms with van der Waals surface area (Å²) in [6.45, 7) is 1.83. The Hall–Kier alpha value is -3.49. The highest BCUT2D eigenvalue weighted by Gasteiger charge is 2.31. The fourth-order valence-electron chi connectivity index (χ4n) is 2.48. The molecule has 0 heterocycles. The lowest BCUT2D eigenvalue weighted by Crippen LogP contribution is -2.13. The minimum Gasteiger partial charge on any atom is -0.399 e. The van der Waals surface area contributed by atoms with E-state index in [1.807, 2.05) is 13.0 Å². The molecular weight excluding hydrogens is 422 g/mol. The van der Waals surface area contributed by atoms with Gasteiger partial charge in [-0.05, 0) is 55.5 Å². The molecule has 3 aromatic carbocycles. The normalized spacial score (nSPS) is 11.3. The van der Waals surface area contributed by atoms with Crippen LogP contribution in [0, 0.1) is 6.92 Å². The summed E-state index contributed by atoms with van der Waals surface area (Å²) in [5.41, 5.74) is 5.20. The van der Waals surface area contributed by atoms with Gasteiger partial charge >= 0.3 is 12.4 Å². The number of benzene rings is 3. The van der Waals surface area contributed by atoms with Crippen LogP contribution >= 0.6 is 0 Å². The summed E-state index contributed by atoms with van der Waals surface area (Å²) < 4.78 is 73.4. The molecule has 0 saturated carbocycles. The number of alkyl halides is 6. The van der Waals surface area contributed by atoms with Crippen LogP contribution in [0.15, 0.2) is 72.8 Å². The van der Waals surface area contributed by atoms with E-state index in [9.17, 15) is 31.1 Å². The average molecular weight is 440 g/mol.